The number of aliphatic hydroxyl groups is 1. The summed E-state index contributed by atoms with van der Waals surface area (Å²) in [7, 11) is 0. The van der Waals surface area contributed by atoms with Gasteiger partial charge < -0.3 is 19.3 Å². The van der Waals surface area contributed by atoms with E-state index in [1.807, 2.05) is 0 Å². The number of hydrogen-bond donors (Lipinski definition) is 1. The minimum absolute atomic E-state index is 0.340. The highest BCUT2D eigenvalue weighted by molar-refractivity contribution is 4.82. The van der Waals surface area contributed by atoms with Crippen LogP contribution in [0.3, 0.4) is 0 Å². The third-order valence-electron chi connectivity index (χ3n) is 3.20. The van der Waals surface area contributed by atoms with Gasteiger partial charge >= 0.3 is 0 Å². The first-order valence-corrected chi connectivity index (χ1v) is 8.02. The second kappa shape index (κ2) is 15.0. The lowest BCUT2D eigenvalue weighted by Gasteiger charge is -2.30. The summed E-state index contributed by atoms with van der Waals surface area (Å²) in [4.78, 5) is 0. The zero-order valence-electron chi connectivity index (χ0n) is 13.9. The fraction of sp³-hybridized carbons (Fsp3) is 0.667. The van der Waals surface area contributed by atoms with Gasteiger partial charge in [-0.2, -0.15) is 0 Å². The van der Waals surface area contributed by atoms with Crippen molar-refractivity contribution in [3.05, 3.63) is 38.0 Å². The minimum Gasteiger partial charge on any atom is -0.390 e. The van der Waals surface area contributed by atoms with E-state index < -0.39 is 12.2 Å². The molecule has 22 heavy (non-hydrogen) atoms. The summed E-state index contributed by atoms with van der Waals surface area (Å²) in [6, 6.07) is 0. The third kappa shape index (κ3) is 9.90. The SMILES string of the molecule is C=CCOC[C@@H](OCC=C)[C@@H](OCC=C)C(O)CCCCC. The molecule has 0 aromatic rings. The monoisotopic (exact) mass is 312 g/mol. The average Bonchev–Trinajstić information content (AvgIpc) is 2.52. The van der Waals surface area contributed by atoms with Crippen LogP contribution in [0.4, 0.5) is 0 Å². The Balaban J connectivity index is 4.70. The van der Waals surface area contributed by atoms with Crippen molar-refractivity contribution in [2.75, 3.05) is 26.4 Å². The summed E-state index contributed by atoms with van der Waals surface area (Å²) in [6.45, 7) is 14.6. The highest BCUT2D eigenvalue weighted by Crippen LogP contribution is 2.16. The van der Waals surface area contributed by atoms with Crippen LogP contribution >= 0.6 is 0 Å². The second-order valence-corrected chi connectivity index (χ2v) is 5.14. The molecule has 128 valence electrons. The topological polar surface area (TPSA) is 47.9 Å². The molecule has 0 spiro atoms. The van der Waals surface area contributed by atoms with E-state index in [1.165, 1.54) is 0 Å². The summed E-state index contributed by atoms with van der Waals surface area (Å²) < 4.78 is 17.0. The fourth-order valence-electron chi connectivity index (χ4n) is 2.11. The Labute approximate surface area is 135 Å². The van der Waals surface area contributed by atoms with Crippen molar-refractivity contribution in [3.63, 3.8) is 0 Å². The van der Waals surface area contributed by atoms with E-state index >= 15 is 0 Å². The molecule has 4 nitrogen and oxygen atoms in total. The van der Waals surface area contributed by atoms with Gasteiger partial charge in [-0.05, 0) is 6.42 Å². The zero-order valence-corrected chi connectivity index (χ0v) is 13.9. The zero-order chi connectivity index (χ0) is 16.6. The van der Waals surface area contributed by atoms with Crippen LogP contribution in [0.15, 0.2) is 38.0 Å². The maximum atomic E-state index is 10.4. The molecule has 0 rings (SSSR count). The van der Waals surface area contributed by atoms with E-state index in [1.54, 1.807) is 18.2 Å². The molecule has 0 radical (unpaired) electrons. The molecule has 0 amide bonds. The Morgan fingerprint density at radius 2 is 1.59 bits per heavy atom. The van der Waals surface area contributed by atoms with Crippen LogP contribution in [-0.4, -0.2) is 49.8 Å². The molecule has 0 saturated carbocycles. The first kappa shape index (κ1) is 21.1. The Bertz CT molecular complexity index is 291. The van der Waals surface area contributed by atoms with Gasteiger partial charge in [0.15, 0.2) is 0 Å². The van der Waals surface area contributed by atoms with Gasteiger partial charge in [-0.15, -0.1) is 19.7 Å². The Morgan fingerprint density at radius 1 is 0.955 bits per heavy atom. The van der Waals surface area contributed by atoms with E-state index in [4.69, 9.17) is 14.2 Å². The maximum absolute atomic E-state index is 10.4. The van der Waals surface area contributed by atoms with Crippen molar-refractivity contribution < 1.29 is 19.3 Å². The quantitative estimate of drug-likeness (QED) is 0.351. The molecule has 0 fully saturated rings. The third-order valence-corrected chi connectivity index (χ3v) is 3.20. The lowest BCUT2D eigenvalue weighted by Crippen LogP contribution is -2.44. The summed E-state index contributed by atoms with van der Waals surface area (Å²) in [6.07, 6.45) is 7.50. The number of hydrogen-bond acceptors (Lipinski definition) is 4. The molecule has 0 aromatic heterocycles. The van der Waals surface area contributed by atoms with Crippen LogP contribution in [0, 0.1) is 0 Å². The predicted molar refractivity (Wildman–Crippen MR) is 91.0 cm³/mol. The molecule has 1 N–H and O–H groups in total. The van der Waals surface area contributed by atoms with Crippen LogP contribution in [0.2, 0.25) is 0 Å². The summed E-state index contributed by atoms with van der Waals surface area (Å²) >= 11 is 0. The maximum Gasteiger partial charge on any atom is 0.112 e. The molecule has 0 saturated heterocycles. The fourth-order valence-corrected chi connectivity index (χ4v) is 2.11. The standard InChI is InChI=1S/C18H32O4/c1-5-9-10-11-16(19)18(22-14-8-4)17(21-13-7-3)15-20-12-6-2/h6-8,16-19H,2-5,9-15H2,1H3/t16?,17-,18+/m1/s1. The molecule has 4 heteroatoms. The van der Waals surface area contributed by atoms with Gasteiger partial charge in [0.1, 0.15) is 12.2 Å². The van der Waals surface area contributed by atoms with Gasteiger partial charge in [-0.3, -0.25) is 0 Å². The van der Waals surface area contributed by atoms with Crippen molar-refractivity contribution in [2.24, 2.45) is 0 Å². The Morgan fingerprint density at radius 3 is 2.18 bits per heavy atom. The summed E-state index contributed by atoms with van der Waals surface area (Å²) in [5, 5.41) is 10.4. The molecule has 0 aliphatic rings. The molecule has 0 aromatic carbocycles. The molecular formula is C18H32O4. The van der Waals surface area contributed by atoms with Crippen LogP contribution < -0.4 is 0 Å². The molecule has 0 aliphatic carbocycles. The van der Waals surface area contributed by atoms with Crippen molar-refractivity contribution in [2.45, 2.75) is 50.9 Å². The van der Waals surface area contributed by atoms with Gasteiger partial charge in [0.25, 0.3) is 0 Å². The largest absolute Gasteiger partial charge is 0.390 e. The molecule has 3 atom stereocenters. The summed E-state index contributed by atoms with van der Waals surface area (Å²) in [5.74, 6) is 0. The Hall–Kier alpha value is -0.940. The van der Waals surface area contributed by atoms with E-state index in [0.717, 1.165) is 19.3 Å². The second-order valence-electron chi connectivity index (χ2n) is 5.14. The predicted octanol–water partition coefficient (Wildman–Crippen LogP) is 3.27. The van der Waals surface area contributed by atoms with E-state index in [9.17, 15) is 5.11 Å². The van der Waals surface area contributed by atoms with Gasteiger partial charge in [0, 0.05) is 0 Å². The molecule has 0 bridgehead atoms. The smallest absolute Gasteiger partial charge is 0.112 e. The first-order chi connectivity index (χ1) is 10.7. The average molecular weight is 312 g/mol. The normalized spacial score (nSPS) is 15.0. The van der Waals surface area contributed by atoms with E-state index in [2.05, 4.69) is 26.7 Å². The number of ether oxygens (including phenoxy) is 3. The van der Waals surface area contributed by atoms with Gasteiger partial charge in [0.2, 0.25) is 0 Å². The molecule has 0 heterocycles. The van der Waals surface area contributed by atoms with Gasteiger partial charge in [-0.1, -0.05) is 44.4 Å². The molecular weight excluding hydrogens is 280 g/mol. The van der Waals surface area contributed by atoms with Crippen molar-refractivity contribution in [3.8, 4) is 0 Å². The number of aliphatic hydroxyl groups excluding tert-OH is 1. The van der Waals surface area contributed by atoms with Crippen LogP contribution in [0.5, 0.6) is 0 Å². The highest BCUT2D eigenvalue weighted by atomic mass is 16.6. The highest BCUT2D eigenvalue weighted by Gasteiger charge is 2.29. The van der Waals surface area contributed by atoms with E-state index in [-0.39, 0.29) is 6.10 Å². The lowest BCUT2D eigenvalue weighted by atomic mass is 10.0. The van der Waals surface area contributed by atoms with E-state index in [0.29, 0.717) is 32.8 Å². The molecule has 1 unspecified atom stereocenters. The number of rotatable bonds is 16. The summed E-state index contributed by atoms with van der Waals surface area (Å²) in [5.41, 5.74) is 0. The number of unbranched alkanes of at least 4 members (excludes halogenated alkanes) is 2. The van der Waals surface area contributed by atoms with Crippen molar-refractivity contribution in [1.82, 2.24) is 0 Å². The van der Waals surface area contributed by atoms with Crippen LogP contribution in [0.25, 0.3) is 0 Å². The van der Waals surface area contributed by atoms with Crippen LogP contribution in [0.1, 0.15) is 32.6 Å². The van der Waals surface area contributed by atoms with Gasteiger partial charge in [0.05, 0.1) is 32.5 Å². The lowest BCUT2D eigenvalue weighted by molar-refractivity contribution is -0.133. The minimum atomic E-state index is -0.589. The Kier molecular flexibility index (Phi) is 14.3. The van der Waals surface area contributed by atoms with Crippen molar-refractivity contribution >= 4 is 0 Å². The molecule has 0 aliphatic heterocycles. The first-order valence-electron chi connectivity index (χ1n) is 8.02. The van der Waals surface area contributed by atoms with Crippen LogP contribution in [-0.2, 0) is 14.2 Å². The van der Waals surface area contributed by atoms with Crippen molar-refractivity contribution in [1.29, 1.82) is 0 Å². The van der Waals surface area contributed by atoms with Gasteiger partial charge in [-0.25, -0.2) is 0 Å².